The summed E-state index contributed by atoms with van der Waals surface area (Å²) in [5.41, 5.74) is 8.05. The van der Waals surface area contributed by atoms with Gasteiger partial charge in [0.05, 0.1) is 12.5 Å². The van der Waals surface area contributed by atoms with Gasteiger partial charge in [0.1, 0.15) is 30.9 Å². The van der Waals surface area contributed by atoms with Crippen LogP contribution in [0.25, 0.3) is 6.08 Å². The molecule has 4 aliphatic heterocycles. The minimum atomic E-state index is -1.07. The Balaban J connectivity index is 0.968. The lowest BCUT2D eigenvalue weighted by Gasteiger charge is -2.35. The Bertz CT molecular complexity index is 2650. The van der Waals surface area contributed by atoms with Crippen molar-refractivity contribution in [1.82, 2.24) is 35.0 Å². The van der Waals surface area contributed by atoms with Crippen LogP contribution >= 0.6 is 11.9 Å². The van der Waals surface area contributed by atoms with Crippen LogP contribution in [-0.4, -0.2) is 161 Å². The summed E-state index contributed by atoms with van der Waals surface area (Å²) >= 11 is 1.75. The number of carbonyl (C=O) groups excluding carboxylic acids is 9. The van der Waals surface area contributed by atoms with Crippen LogP contribution in [0.15, 0.2) is 83.3 Å². The van der Waals surface area contributed by atoms with Crippen molar-refractivity contribution in [3.8, 4) is 0 Å². The molecule has 7 atom stereocenters. The number of hydrogen-bond donors (Lipinski definition) is 6. The third kappa shape index (κ3) is 21.2. The summed E-state index contributed by atoms with van der Waals surface area (Å²) in [5.74, 6) is -3.54. The van der Waals surface area contributed by atoms with Gasteiger partial charge in [-0.25, -0.2) is 18.7 Å². The predicted octanol–water partition coefficient (Wildman–Crippen LogP) is 6.44. The molecular formula is C60H83N9O13S. The number of imide groups is 1. The number of cyclic esters (lactones) is 1. The van der Waals surface area contributed by atoms with Crippen molar-refractivity contribution >= 4 is 77.4 Å². The third-order valence-corrected chi connectivity index (χ3v) is 16.0. The summed E-state index contributed by atoms with van der Waals surface area (Å²) in [4.78, 5) is 121. The molecule has 2 saturated heterocycles. The van der Waals surface area contributed by atoms with E-state index < -0.39 is 66.4 Å². The average Bonchev–Trinajstić information content (AvgIpc) is 4.09. The normalized spacial score (nSPS) is 22.0. The van der Waals surface area contributed by atoms with Gasteiger partial charge in [0.2, 0.25) is 17.7 Å². The van der Waals surface area contributed by atoms with E-state index in [0.717, 1.165) is 34.0 Å². The van der Waals surface area contributed by atoms with Crippen molar-refractivity contribution in [2.45, 2.75) is 147 Å². The summed E-state index contributed by atoms with van der Waals surface area (Å²) in [5, 5.41) is 21.7. The molecule has 4 aliphatic rings. The van der Waals surface area contributed by atoms with Crippen molar-refractivity contribution in [3.63, 3.8) is 0 Å². The number of carbonyl (C=O) groups is 9. The number of benzene rings is 2. The lowest BCUT2D eigenvalue weighted by molar-refractivity contribution is -0.151. The summed E-state index contributed by atoms with van der Waals surface area (Å²) in [6.45, 7) is 12.6. The van der Waals surface area contributed by atoms with E-state index in [1.165, 1.54) is 29.9 Å². The van der Waals surface area contributed by atoms with Crippen LogP contribution in [0.4, 0.5) is 20.1 Å². The van der Waals surface area contributed by atoms with E-state index in [9.17, 15) is 48.3 Å². The number of nitrogens with zero attached hydrogens (tertiary/aromatic N) is 4. The molecule has 2 aromatic carbocycles. The molecule has 0 unspecified atom stereocenters. The lowest BCUT2D eigenvalue weighted by Crippen LogP contribution is -2.54. The number of anilines is 1. The zero-order valence-corrected chi connectivity index (χ0v) is 49.2. The number of primary amides is 1. The summed E-state index contributed by atoms with van der Waals surface area (Å²) in [7, 11) is 0. The van der Waals surface area contributed by atoms with Gasteiger partial charge in [-0.2, -0.15) is 0 Å². The van der Waals surface area contributed by atoms with Crippen LogP contribution in [0.3, 0.4) is 0 Å². The fourth-order valence-electron chi connectivity index (χ4n) is 10.0. The van der Waals surface area contributed by atoms with E-state index in [1.54, 1.807) is 55.0 Å². The number of urea groups is 1. The molecule has 0 radical (unpaired) electrons. The molecule has 2 fully saturated rings. The zero-order chi connectivity index (χ0) is 60.0. The fraction of sp³-hybridized carbons (Fsp3) is 0.550. The number of ether oxygens (including phenoxy) is 3. The van der Waals surface area contributed by atoms with Gasteiger partial charge in [-0.15, -0.1) is 0 Å². The number of unbranched alkanes of at least 4 members (excludes halogenated alkanes) is 2. The molecule has 0 saturated carbocycles. The number of amides is 9. The van der Waals surface area contributed by atoms with E-state index in [4.69, 9.17) is 19.9 Å². The number of rotatable bonds is 23. The number of aliphatic hydroxyl groups is 1. The second-order valence-corrected chi connectivity index (χ2v) is 23.2. The van der Waals surface area contributed by atoms with Crippen LogP contribution in [0.2, 0.25) is 0 Å². The largest absolute Gasteiger partial charge is 0.457 e. The molecule has 0 aromatic heterocycles. The third-order valence-electron chi connectivity index (χ3n) is 14.9. The second kappa shape index (κ2) is 32.6. The summed E-state index contributed by atoms with van der Waals surface area (Å²) in [6, 6.07) is 12.1. The quantitative estimate of drug-likeness (QED) is 0.0174. The molecule has 23 heteroatoms. The molecular weight excluding hydrogens is 1090 g/mol. The van der Waals surface area contributed by atoms with Crippen molar-refractivity contribution in [3.05, 3.63) is 89.5 Å². The highest BCUT2D eigenvalue weighted by atomic mass is 32.2. The molecule has 6 rings (SSSR count). The minimum absolute atomic E-state index is 0.0822. The Morgan fingerprint density at radius 2 is 1.52 bits per heavy atom. The van der Waals surface area contributed by atoms with Gasteiger partial charge in [0.25, 0.3) is 11.8 Å². The smallest absolute Gasteiger partial charge is 0.410 e. The first-order chi connectivity index (χ1) is 39.7. The molecule has 0 spiro atoms. The maximum atomic E-state index is 13.7. The molecule has 7 N–H and O–H groups in total. The molecule has 0 bridgehead atoms. The second-order valence-electron chi connectivity index (χ2n) is 22.1. The maximum absolute atomic E-state index is 13.7. The number of hydrogen-bond acceptors (Lipinski definition) is 15. The molecule has 452 valence electrons. The molecule has 9 amide bonds. The monoisotopic (exact) mass is 1170 g/mol. The van der Waals surface area contributed by atoms with Crippen LogP contribution in [-0.2, 0) is 49.6 Å². The van der Waals surface area contributed by atoms with Crippen molar-refractivity contribution in [2.75, 3.05) is 57.7 Å². The Labute approximate surface area is 490 Å². The van der Waals surface area contributed by atoms with Crippen molar-refractivity contribution in [1.29, 1.82) is 0 Å². The number of nitrogens with two attached hydrogens (primary N) is 1. The number of piperazine rings is 1. The molecule has 22 nitrogen and oxygen atoms in total. The average molecular weight is 1170 g/mol. The van der Waals surface area contributed by atoms with E-state index in [-0.39, 0.29) is 107 Å². The van der Waals surface area contributed by atoms with Gasteiger partial charge >= 0.3 is 24.2 Å². The topological polar surface area (TPSA) is 289 Å². The number of esters is 1. The van der Waals surface area contributed by atoms with E-state index in [2.05, 4.69) is 37.7 Å². The Hall–Kier alpha value is -7.24. The predicted molar refractivity (Wildman–Crippen MR) is 312 cm³/mol. The maximum Gasteiger partial charge on any atom is 0.410 e. The Morgan fingerprint density at radius 1 is 0.831 bits per heavy atom. The van der Waals surface area contributed by atoms with E-state index in [1.807, 2.05) is 51.1 Å². The van der Waals surface area contributed by atoms with Gasteiger partial charge in [-0.1, -0.05) is 70.5 Å². The van der Waals surface area contributed by atoms with Gasteiger partial charge in [0, 0.05) is 87.4 Å². The highest BCUT2D eigenvalue weighted by Gasteiger charge is 2.33. The summed E-state index contributed by atoms with van der Waals surface area (Å²) in [6.07, 6.45) is 9.99. The SMILES string of the molecule is C/C(=C\c1cccc(SN2CCCC2)c1)[C@H]1OC(=O)C[C@H](O)CC[C@H](C)[C@@H](OC(=O)N2CCN(C(=O)OCc3ccc(NC(=O)[C@H](CCCNC(N)=O)NC(=O)[C@@H](NC(=O)CCCCCN4C(=O)C=CC4=O)C(C)C)cc3)CC2)/C=C/[C@@H]1C. The first-order valence-corrected chi connectivity index (χ1v) is 29.7. The zero-order valence-electron chi connectivity index (χ0n) is 48.4. The van der Waals surface area contributed by atoms with Crippen LogP contribution in [0.5, 0.6) is 0 Å². The van der Waals surface area contributed by atoms with Crippen molar-refractivity contribution in [2.24, 2.45) is 23.5 Å². The van der Waals surface area contributed by atoms with Crippen LogP contribution in [0, 0.1) is 17.8 Å². The molecule has 83 heavy (non-hydrogen) atoms. The van der Waals surface area contributed by atoms with Crippen LogP contribution in [0.1, 0.15) is 116 Å². The first-order valence-electron chi connectivity index (χ1n) is 28.9. The fourth-order valence-corrected chi connectivity index (χ4v) is 11.1. The Morgan fingerprint density at radius 3 is 2.19 bits per heavy atom. The first kappa shape index (κ1) is 64.9. The standard InChI is InChI=1S/C60H83N9O13S/c1-39(2)54(65-50(71)16-7-6-8-30-69-51(72)25-26-52(69)73)57(76)64-48(15-12-27-62-58(61)77)56(75)63-45-21-19-43(20-22-45)38-80-59(78)66-31-33-67(34-32-66)60(79)81-49-24-18-41(4)55(82-53(74)37-46(70)23-17-40(49)3)42(5)35-44-13-11-14-47(36-44)83-68-28-9-10-29-68/h11,13-14,18-22,24-26,35-36,39-41,46,48-49,54-55,70H,6-10,12,15-17,23,27-34,37-38H2,1-5H3,(H,63,75)(H,64,76)(H,65,71)(H3,61,62,77)/b24-18+,42-35+/t40-,41-,46+,48-,49-,54-,55-/m0/s1. The molecule has 0 aliphatic carbocycles. The van der Waals surface area contributed by atoms with Gasteiger partial charge < -0.3 is 56.1 Å². The van der Waals surface area contributed by atoms with E-state index in [0.29, 0.717) is 43.4 Å². The van der Waals surface area contributed by atoms with Gasteiger partial charge in [-0.3, -0.25) is 33.7 Å². The minimum Gasteiger partial charge on any atom is -0.457 e. The summed E-state index contributed by atoms with van der Waals surface area (Å²) < 4.78 is 20.2. The van der Waals surface area contributed by atoms with Gasteiger partial charge in [-0.05, 0) is 129 Å². The van der Waals surface area contributed by atoms with E-state index >= 15 is 0 Å². The molecule has 4 heterocycles. The number of aliphatic hydroxyl groups excluding tert-OH is 1. The van der Waals surface area contributed by atoms with Crippen molar-refractivity contribution < 1.29 is 62.5 Å². The number of nitrogens with one attached hydrogen (secondary N) is 4. The Kier molecular flexibility index (Phi) is 25.5. The highest BCUT2D eigenvalue weighted by molar-refractivity contribution is 7.97. The molecule has 2 aromatic rings. The van der Waals surface area contributed by atoms with Crippen LogP contribution < -0.4 is 27.0 Å². The van der Waals surface area contributed by atoms with Gasteiger partial charge in [0.15, 0.2) is 0 Å². The highest BCUT2D eigenvalue weighted by Crippen LogP contribution is 2.30. The lowest BCUT2D eigenvalue weighted by atomic mass is 9.91.